The fourth-order valence-electron chi connectivity index (χ4n) is 1.75. The third-order valence-corrected chi connectivity index (χ3v) is 2.73. The van der Waals surface area contributed by atoms with Gasteiger partial charge in [-0.25, -0.2) is 0 Å². The zero-order valence-electron chi connectivity index (χ0n) is 10.6. The van der Waals surface area contributed by atoms with E-state index in [0.717, 1.165) is 34.3 Å². The highest BCUT2D eigenvalue weighted by Crippen LogP contribution is 2.25. The van der Waals surface area contributed by atoms with Crippen molar-refractivity contribution < 1.29 is 4.74 Å². The summed E-state index contributed by atoms with van der Waals surface area (Å²) in [4.78, 5) is 4.47. The van der Waals surface area contributed by atoms with E-state index in [0.29, 0.717) is 13.2 Å². The molecule has 0 radical (unpaired) electrons. The smallest absolute Gasteiger partial charge is 0.130 e. The zero-order valence-corrected chi connectivity index (χ0v) is 10.6. The lowest BCUT2D eigenvalue weighted by Gasteiger charge is -2.10. The molecule has 94 valence electrons. The fraction of sp³-hybridized carbons (Fsp3) is 0.267. The highest BCUT2D eigenvalue weighted by Gasteiger charge is 2.05. The minimum Gasteiger partial charge on any atom is -0.492 e. The first-order valence-electron chi connectivity index (χ1n) is 6.06. The molecule has 0 bridgehead atoms. The maximum atomic E-state index is 5.82. The second kappa shape index (κ2) is 5.65. The number of ether oxygens (including phenoxy) is 1. The Morgan fingerprint density at radius 1 is 1.39 bits per heavy atom. The lowest BCUT2D eigenvalue weighted by atomic mass is 10.2. The topological polar surface area (TPSA) is 48.1 Å². The van der Waals surface area contributed by atoms with E-state index in [4.69, 9.17) is 10.5 Å². The number of hydrogen-bond acceptors (Lipinski definition) is 3. The van der Waals surface area contributed by atoms with Gasteiger partial charge in [0.25, 0.3) is 0 Å². The van der Waals surface area contributed by atoms with Crippen LogP contribution >= 0.6 is 0 Å². The highest BCUT2D eigenvalue weighted by atomic mass is 16.5. The van der Waals surface area contributed by atoms with Crippen LogP contribution in [0.4, 0.5) is 0 Å². The molecule has 2 aromatic rings. The van der Waals surface area contributed by atoms with E-state index >= 15 is 0 Å². The molecule has 0 saturated heterocycles. The molecular weight excluding hydrogens is 224 g/mol. The molecule has 0 saturated carbocycles. The third-order valence-electron chi connectivity index (χ3n) is 2.73. The number of para-hydroxylation sites is 1. The van der Waals surface area contributed by atoms with Gasteiger partial charge < -0.3 is 10.5 Å². The SMILES string of the molecule is C=C(C)CCOc1cc(CN)nc2ccccc12. The van der Waals surface area contributed by atoms with Crippen molar-refractivity contribution in [3.8, 4) is 5.75 Å². The minimum atomic E-state index is 0.418. The Balaban J connectivity index is 2.31. The maximum Gasteiger partial charge on any atom is 0.130 e. The summed E-state index contributed by atoms with van der Waals surface area (Å²) in [6.45, 7) is 6.92. The highest BCUT2D eigenvalue weighted by molar-refractivity contribution is 5.85. The quantitative estimate of drug-likeness (QED) is 0.820. The van der Waals surface area contributed by atoms with E-state index < -0.39 is 0 Å². The van der Waals surface area contributed by atoms with Crippen molar-refractivity contribution >= 4 is 10.9 Å². The van der Waals surface area contributed by atoms with Crippen LogP contribution in [0.3, 0.4) is 0 Å². The van der Waals surface area contributed by atoms with E-state index in [-0.39, 0.29) is 0 Å². The molecule has 1 aromatic carbocycles. The van der Waals surface area contributed by atoms with Gasteiger partial charge in [0.15, 0.2) is 0 Å². The Labute approximate surface area is 107 Å². The molecule has 1 heterocycles. The summed E-state index contributed by atoms with van der Waals surface area (Å²) < 4.78 is 5.82. The first-order chi connectivity index (χ1) is 8.70. The van der Waals surface area contributed by atoms with Crippen molar-refractivity contribution in [1.82, 2.24) is 4.98 Å². The first kappa shape index (κ1) is 12.6. The van der Waals surface area contributed by atoms with E-state index in [9.17, 15) is 0 Å². The first-order valence-corrected chi connectivity index (χ1v) is 6.06. The second-order valence-corrected chi connectivity index (χ2v) is 4.39. The van der Waals surface area contributed by atoms with Crippen molar-refractivity contribution in [2.24, 2.45) is 5.73 Å². The number of nitrogens with zero attached hydrogens (tertiary/aromatic N) is 1. The van der Waals surface area contributed by atoms with E-state index in [2.05, 4.69) is 11.6 Å². The maximum absolute atomic E-state index is 5.82. The lowest BCUT2D eigenvalue weighted by Crippen LogP contribution is -2.03. The van der Waals surface area contributed by atoms with Crippen LogP contribution in [0.1, 0.15) is 19.0 Å². The van der Waals surface area contributed by atoms with Crippen LogP contribution in [0.2, 0.25) is 0 Å². The number of benzene rings is 1. The molecule has 0 unspecified atom stereocenters. The summed E-state index contributed by atoms with van der Waals surface area (Å²) in [6.07, 6.45) is 0.856. The fourth-order valence-corrected chi connectivity index (χ4v) is 1.75. The molecule has 2 rings (SSSR count). The molecule has 0 aliphatic heterocycles. The minimum absolute atomic E-state index is 0.418. The average Bonchev–Trinajstić information content (AvgIpc) is 2.38. The van der Waals surface area contributed by atoms with Crippen LogP contribution in [-0.4, -0.2) is 11.6 Å². The zero-order chi connectivity index (χ0) is 13.0. The Hall–Kier alpha value is -1.87. The molecule has 0 spiro atoms. The summed E-state index contributed by atoms with van der Waals surface area (Å²) in [6, 6.07) is 9.85. The molecule has 18 heavy (non-hydrogen) atoms. The Bertz CT molecular complexity index is 563. The summed E-state index contributed by atoms with van der Waals surface area (Å²) in [5, 5.41) is 1.02. The molecule has 3 nitrogen and oxygen atoms in total. The van der Waals surface area contributed by atoms with Crippen LogP contribution < -0.4 is 10.5 Å². The van der Waals surface area contributed by atoms with E-state index in [1.165, 1.54) is 0 Å². The standard InChI is InChI=1S/C15H18N2O/c1-11(2)7-8-18-15-9-12(10-16)17-14-6-4-3-5-13(14)15/h3-6,9H,1,7-8,10,16H2,2H3. The lowest BCUT2D eigenvalue weighted by molar-refractivity contribution is 0.325. The van der Waals surface area contributed by atoms with Gasteiger partial charge in [-0.2, -0.15) is 0 Å². The van der Waals surface area contributed by atoms with Crippen LogP contribution in [0.15, 0.2) is 42.5 Å². The number of fused-ring (bicyclic) bond motifs is 1. The Kier molecular flexibility index (Phi) is 3.95. The predicted octanol–water partition coefficient (Wildman–Crippen LogP) is 3.04. The van der Waals surface area contributed by atoms with Gasteiger partial charge >= 0.3 is 0 Å². The number of aromatic nitrogens is 1. The van der Waals surface area contributed by atoms with E-state index in [1.54, 1.807) is 0 Å². The van der Waals surface area contributed by atoms with Crippen molar-refractivity contribution in [2.45, 2.75) is 19.9 Å². The molecule has 1 aromatic heterocycles. The van der Waals surface area contributed by atoms with Crippen LogP contribution in [0.25, 0.3) is 10.9 Å². The normalized spacial score (nSPS) is 10.6. The van der Waals surface area contributed by atoms with Crippen LogP contribution in [0.5, 0.6) is 5.75 Å². The Morgan fingerprint density at radius 2 is 2.17 bits per heavy atom. The Morgan fingerprint density at radius 3 is 2.89 bits per heavy atom. The van der Waals surface area contributed by atoms with E-state index in [1.807, 2.05) is 37.3 Å². The molecule has 0 atom stereocenters. The van der Waals surface area contributed by atoms with Gasteiger partial charge in [-0.1, -0.05) is 17.7 Å². The largest absolute Gasteiger partial charge is 0.492 e. The molecule has 3 heteroatoms. The van der Waals surface area contributed by atoms with Gasteiger partial charge in [-0.05, 0) is 19.1 Å². The number of hydrogen-bond donors (Lipinski definition) is 1. The summed E-state index contributed by atoms with van der Waals surface area (Å²) in [5.41, 5.74) is 8.54. The van der Waals surface area contributed by atoms with Crippen molar-refractivity contribution in [3.05, 3.63) is 48.2 Å². The number of pyridine rings is 1. The van der Waals surface area contributed by atoms with Gasteiger partial charge in [0.1, 0.15) is 5.75 Å². The predicted molar refractivity (Wildman–Crippen MR) is 74.6 cm³/mol. The average molecular weight is 242 g/mol. The van der Waals surface area contributed by atoms with Gasteiger partial charge in [-0.15, -0.1) is 6.58 Å². The monoisotopic (exact) mass is 242 g/mol. The van der Waals surface area contributed by atoms with Gasteiger partial charge in [0, 0.05) is 24.4 Å². The van der Waals surface area contributed by atoms with Crippen LogP contribution in [-0.2, 0) is 6.54 Å². The van der Waals surface area contributed by atoms with Gasteiger partial charge in [0.2, 0.25) is 0 Å². The van der Waals surface area contributed by atoms with Crippen molar-refractivity contribution in [2.75, 3.05) is 6.61 Å². The molecule has 0 fully saturated rings. The number of rotatable bonds is 5. The van der Waals surface area contributed by atoms with Gasteiger partial charge in [-0.3, -0.25) is 4.98 Å². The third kappa shape index (κ3) is 2.87. The summed E-state index contributed by atoms with van der Waals surface area (Å²) in [7, 11) is 0. The number of nitrogens with two attached hydrogens (primary N) is 1. The van der Waals surface area contributed by atoms with Crippen LogP contribution in [0, 0.1) is 0 Å². The van der Waals surface area contributed by atoms with Crippen molar-refractivity contribution in [1.29, 1.82) is 0 Å². The second-order valence-electron chi connectivity index (χ2n) is 4.39. The van der Waals surface area contributed by atoms with Gasteiger partial charge in [0.05, 0.1) is 17.8 Å². The van der Waals surface area contributed by atoms with Crippen molar-refractivity contribution in [3.63, 3.8) is 0 Å². The summed E-state index contributed by atoms with van der Waals surface area (Å²) >= 11 is 0. The molecule has 2 N–H and O–H groups in total. The molecule has 0 amide bonds. The summed E-state index contributed by atoms with van der Waals surface area (Å²) in [5.74, 6) is 0.849. The molecule has 0 aliphatic carbocycles. The molecular formula is C15H18N2O. The molecule has 0 aliphatic rings.